The first-order chi connectivity index (χ1) is 2.83. The molecule has 0 aliphatic heterocycles. The molecule has 0 saturated heterocycles. The van der Waals surface area contributed by atoms with Gasteiger partial charge in [-0.3, -0.25) is 0 Å². The molecule has 0 rings (SSSR count). The van der Waals surface area contributed by atoms with Crippen molar-refractivity contribution in [3.63, 3.8) is 0 Å². The van der Waals surface area contributed by atoms with Crippen LogP contribution in [0.1, 0.15) is 27.2 Å². The molecule has 0 aromatic carbocycles. The standard InChI is InChI=1S/2C3H7.2ClH.2Mg/c2*1-3-2;;;;/h3H,1-2H3;1,3H2,2H3;2*1H;;/q2*-1;;;2*+2/p-2. The summed E-state index contributed by atoms with van der Waals surface area (Å²) in [6, 6.07) is 0. The molecule has 56 valence electrons. The predicted molar refractivity (Wildman–Crippen MR) is 42.8 cm³/mol. The maximum absolute atomic E-state index is 3.49. The molecule has 0 aromatic rings. The van der Waals surface area contributed by atoms with Gasteiger partial charge in [0.1, 0.15) is 0 Å². The molecule has 0 heterocycles. The van der Waals surface area contributed by atoms with Crippen LogP contribution in [0.2, 0.25) is 0 Å². The van der Waals surface area contributed by atoms with E-state index in [9.17, 15) is 0 Å². The Morgan fingerprint density at radius 1 is 1.10 bits per heavy atom. The average molecular weight is 206 g/mol. The Morgan fingerprint density at radius 3 is 1.10 bits per heavy atom. The second-order valence-corrected chi connectivity index (χ2v) is 1.08. The van der Waals surface area contributed by atoms with Gasteiger partial charge in [-0.15, -0.1) is 0 Å². The van der Waals surface area contributed by atoms with Gasteiger partial charge >= 0.3 is 46.1 Å². The third-order valence-electron chi connectivity index (χ3n) is 0. The van der Waals surface area contributed by atoms with Crippen LogP contribution in [-0.2, 0) is 0 Å². The molecule has 0 aliphatic carbocycles. The molecular weight excluding hydrogens is 192 g/mol. The normalized spacial score (nSPS) is 3.60. The molecule has 0 spiro atoms. The van der Waals surface area contributed by atoms with Crippen LogP contribution < -0.4 is 24.8 Å². The molecule has 0 aliphatic rings. The predicted octanol–water partition coefficient (Wildman–Crippen LogP) is -4.29. The summed E-state index contributed by atoms with van der Waals surface area (Å²) in [7, 11) is 0. The van der Waals surface area contributed by atoms with Gasteiger partial charge < -0.3 is 38.2 Å². The van der Waals surface area contributed by atoms with Crippen molar-refractivity contribution < 1.29 is 24.8 Å². The van der Waals surface area contributed by atoms with Crippen molar-refractivity contribution in [2.75, 3.05) is 0 Å². The summed E-state index contributed by atoms with van der Waals surface area (Å²) < 4.78 is 0. The van der Waals surface area contributed by atoms with Crippen LogP contribution in [0.4, 0.5) is 0 Å². The second-order valence-electron chi connectivity index (χ2n) is 1.08. The fourth-order valence-electron chi connectivity index (χ4n) is 0. The van der Waals surface area contributed by atoms with Gasteiger partial charge in [0.05, 0.1) is 0 Å². The van der Waals surface area contributed by atoms with Crippen LogP contribution in [0.3, 0.4) is 0 Å². The quantitative estimate of drug-likeness (QED) is 0.278. The number of hydrogen-bond acceptors (Lipinski definition) is 0. The van der Waals surface area contributed by atoms with Crippen LogP contribution in [-0.4, -0.2) is 46.1 Å². The van der Waals surface area contributed by atoms with Gasteiger partial charge in [0.15, 0.2) is 0 Å². The largest absolute Gasteiger partial charge is 2.00 e. The van der Waals surface area contributed by atoms with Crippen LogP contribution >= 0.6 is 0 Å². The molecule has 10 heavy (non-hydrogen) atoms. The first kappa shape index (κ1) is 40.0. The topological polar surface area (TPSA) is 0 Å². The number of rotatable bonds is 0. The van der Waals surface area contributed by atoms with Crippen molar-refractivity contribution in [2.24, 2.45) is 0 Å². The van der Waals surface area contributed by atoms with E-state index in [4.69, 9.17) is 0 Å². The smallest absolute Gasteiger partial charge is 1.00 e. The maximum Gasteiger partial charge on any atom is 2.00 e. The SMILES string of the molecule is C[CH-]C.[CH2-]CC.[Cl-].[Cl-].[Mg+2].[Mg+2]. The van der Waals surface area contributed by atoms with E-state index in [1.165, 1.54) is 0 Å². The third-order valence-corrected chi connectivity index (χ3v) is 0. The van der Waals surface area contributed by atoms with E-state index < -0.39 is 0 Å². The van der Waals surface area contributed by atoms with Crippen molar-refractivity contribution in [1.29, 1.82) is 0 Å². The van der Waals surface area contributed by atoms with Crippen molar-refractivity contribution in [2.45, 2.75) is 27.2 Å². The molecular formula is C6H14Cl2Mg2. The molecule has 0 unspecified atom stereocenters. The van der Waals surface area contributed by atoms with Crippen molar-refractivity contribution >= 4 is 46.1 Å². The molecule has 0 N–H and O–H groups in total. The molecule has 0 atom stereocenters. The first-order valence-corrected chi connectivity index (χ1v) is 2.36. The van der Waals surface area contributed by atoms with Crippen LogP contribution in [0.5, 0.6) is 0 Å². The molecule has 4 heteroatoms. The Balaban J connectivity index is -0.00000000571. The molecule has 0 aromatic heterocycles. The molecule has 0 amide bonds. The third kappa shape index (κ3) is 188. The van der Waals surface area contributed by atoms with E-state index in [0.717, 1.165) is 6.42 Å². The summed E-state index contributed by atoms with van der Waals surface area (Å²) in [6.45, 7) is 9.50. The summed E-state index contributed by atoms with van der Waals surface area (Å²) in [4.78, 5) is 0. The molecule has 0 nitrogen and oxygen atoms in total. The molecule has 0 radical (unpaired) electrons. The van der Waals surface area contributed by atoms with Gasteiger partial charge in [-0.25, -0.2) is 0 Å². The van der Waals surface area contributed by atoms with Crippen LogP contribution in [0.15, 0.2) is 0 Å². The minimum Gasteiger partial charge on any atom is -1.00 e. The summed E-state index contributed by atoms with van der Waals surface area (Å²) in [5.41, 5.74) is 0. The first-order valence-electron chi connectivity index (χ1n) is 2.36. The van der Waals surface area contributed by atoms with Gasteiger partial charge in [0, 0.05) is 0 Å². The van der Waals surface area contributed by atoms with E-state index in [0.29, 0.717) is 0 Å². The van der Waals surface area contributed by atoms with Crippen molar-refractivity contribution in [3.8, 4) is 0 Å². The Labute approximate surface area is 110 Å². The fourth-order valence-corrected chi connectivity index (χ4v) is 0. The van der Waals surface area contributed by atoms with Gasteiger partial charge in [0.25, 0.3) is 0 Å². The number of hydrogen-bond donors (Lipinski definition) is 0. The monoisotopic (exact) mass is 204 g/mol. The molecule has 0 fully saturated rings. The summed E-state index contributed by atoms with van der Waals surface area (Å²) in [6.07, 6.45) is 3.00. The molecule has 0 bridgehead atoms. The Bertz CT molecular complexity index is 15.7. The van der Waals surface area contributed by atoms with E-state index in [1.807, 2.05) is 27.2 Å². The zero-order valence-corrected chi connectivity index (χ0v) is 11.5. The average Bonchev–Trinajstić information content (AvgIpc) is 1.39. The minimum absolute atomic E-state index is 0. The van der Waals surface area contributed by atoms with E-state index in [2.05, 4.69) is 6.92 Å². The van der Waals surface area contributed by atoms with Gasteiger partial charge in [-0.05, 0) is 0 Å². The van der Waals surface area contributed by atoms with E-state index >= 15 is 0 Å². The van der Waals surface area contributed by atoms with Gasteiger partial charge in [-0.2, -0.15) is 20.3 Å². The number of halogens is 2. The van der Waals surface area contributed by atoms with E-state index in [-0.39, 0.29) is 70.9 Å². The Kier molecular flexibility index (Phi) is 269. The van der Waals surface area contributed by atoms with Crippen molar-refractivity contribution in [1.82, 2.24) is 0 Å². The fraction of sp³-hybridized carbons (Fsp3) is 0.667. The van der Waals surface area contributed by atoms with E-state index in [1.54, 1.807) is 0 Å². The van der Waals surface area contributed by atoms with Crippen LogP contribution in [0, 0.1) is 13.3 Å². The minimum atomic E-state index is 0. The zero-order chi connectivity index (χ0) is 5.41. The summed E-state index contributed by atoms with van der Waals surface area (Å²) in [5, 5.41) is 0. The van der Waals surface area contributed by atoms with Gasteiger partial charge in [0.2, 0.25) is 0 Å². The Morgan fingerprint density at radius 2 is 1.10 bits per heavy atom. The summed E-state index contributed by atoms with van der Waals surface area (Å²) >= 11 is 0. The second kappa shape index (κ2) is 67.2. The van der Waals surface area contributed by atoms with Gasteiger partial charge in [-0.1, -0.05) is 6.92 Å². The summed E-state index contributed by atoms with van der Waals surface area (Å²) in [5.74, 6) is 0. The Hall–Kier alpha value is 2.11. The molecule has 0 saturated carbocycles. The van der Waals surface area contributed by atoms with Crippen LogP contribution in [0.25, 0.3) is 0 Å². The van der Waals surface area contributed by atoms with Crippen molar-refractivity contribution in [3.05, 3.63) is 13.3 Å². The maximum atomic E-state index is 3.49. The zero-order valence-electron chi connectivity index (χ0n) is 7.16.